The summed E-state index contributed by atoms with van der Waals surface area (Å²) in [4.78, 5) is 0.339. The summed E-state index contributed by atoms with van der Waals surface area (Å²) in [5.41, 5.74) is 3.80. The van der Waals surface area contributed by atoms with Gasteiger partial charge in [0.1, 0.15) is 0 Å². The van der Waals surface area contributed by atoms with Gasteiger partial charge in [-0.15, -0.1) is 0 Å². The molecule has 0 aliphatic heterocycles. The van der Waals surface area contributed by atoms with Crippen molar-refractivity contribution < 1.29 is 8.42 Å². The van der Waals surface area contributed by atoms with Crippen LogP contribution in [0.25, 0.3) is 0 Å². The Labute approximate surface area is 109 Å². The molecule has 1 rings (SSSR count). The number of hydrogen-bond acceptors (Lipinski definition) is 4. The van der Waals surface area contributed by atoms with Crippen molar-refractivity contribution in [3.8, 4) is 0 Å². The Balaban J connectivity index is 2.82. The molecule has 0 fully saturated rings. The summed E-state index contributed by atoms with van der Waals surface area (Å²) in [6, 6.07) is 6.97. The largest absolute Gasteiger partial charge is 0.271 e. The van der Waals surface area contributed by atoms with Crippen LogP contribution in [0.2, 0.25) is 0 Å². The third kappa shape index (κ3) is 4.40. The van der Waals surface area contributed by atoms with E-state index in [0.717, 1.165) is 18.4 Å². The molecule has 0 aliphatic rings. The lowest BCUT2D eigenvalue weighted by molar-refractivity contribution is 0.448. The maximum atomic E-state index is 11.4. The Bertz CT molecular complexity index is 466. The van der Waals surface area contributed by atoms with Gasteiger partial charge < -0.3 is 0 Å². The van der Waals surface area contributed by atoms with Gasteiger partial charge in [0.05, 0.1) is 4.90 Å². The van der Waals surface area contributed by atoms with E-state index in [9.17, 15) is 8.42 Å². The highest BCUT2D eigenvalue weighted by Crippen LogP contribution is 2.21. The first-order valence-corrected chi connectivity index (χ1v) is 8.00. The van der Waals surface area contributed by atoms with Gasteiger partial charge in [0.25, 0.3) is 0 Å². The summed E-state index contributed by atoms with van der Waals surface area (Å²) in [5.74, 6) is 6.17. The van der Waals surface area contributed by atoms with Crippen LogP contribution in [0.1, 0.15) is 38.3 Å². The van der Waals surface area contributed by atoms with Gasteiger partial charge in [-0.2, -0.15) is 0 Å². The highest BCUT2D eigenvalue weighted by atomic mass is 32.2. The van der Waals surface area contributed by atoms with Crippen LogP contribution in [0.4, 0.5) is 0 Å². The molecule has 1 aromatic rings. The molecule has 5 heteroatoms. The summed E-state index contributed by atoms with van der Waals surface area (Å²) < 4.78 is 22.7. The second-order valence-electron chi connectivity index (χ2n) is 5.03. The molecule has 0 aliphatic carbocycles. The zero-order valence-corrected chi connectivity index (χ0v) is 12.0. The van der Waals surface area contributed by atoms with Gasteiger partial charge >= 0.3 is 0 Å². The molecule has 3 N–H and O–H groups in total. The predicted molar refractivity (Wildman–Crippen MR) is 73.7 cm³/mol. The second kappa shape index (κ2) is 6.31. The van der Waals surface area contributed by atoms with Crippen LogP contribution in [0.5, 0.6) is 0 Å². The third-order valence-corrected chi connectivity index (χ3v) is 4.07. The Morgan fingerprint density at radius 1 is 1.17 bits per heavy atom. The summed E-state index contributed by atoms with van der Waals surface area (Å²) >= 11 is 0. The molecule has 18 heavy (non-hydrogen) atoms. The Morgan fingerprint density at radius 2 is 1.72 bits per heavy atom. The minimum absolute atomic E-state index is 0.0704. The average Bonchev–Trinajstić information content (AvgIpc) is 2.29. The normalized spacial score (nSPS) is 13.8. The molecule has 0 bridgehead atoms. The minimum atomic E-state index is -3.13. The molecule has 0 saturated heterocycles. The SMILES string of the molecule is CC(C)CCC(NN)c1ccc(S(C)(=O)=O)cc1. The van der Waals surface area contributed by atoms with Gasteiger partial charge in [-0.1, -0.05) is 26.0 Å². The van der Waals surface area contributed by atoms with E-state index in [1.807, 2.05) is 12.1 Å². The molecule has 0 spiro atoms. The predicted octanol–water partition coefficient (Wildman–Crippen LogP) is 2.03. The average molecular weight is 270 g/mol. The summed E-state index contributed by atoms with van der Waals surface area (Å²) in [7, 11) is -3.13. The van der Waals surface area contributed by atoms with Gasteiger partial charge in [-0.25, -0.2) is 8.42 Å². The van der Waals surface area contributed by atoms with E-state index in [-0.39, 0.29) is 6.04 Å². The number of nitrogens with two attached hydrogens (primary N) is 1. The van der Waals surface area contributed by atoms with E-state index >= 15 is 0 Å². The molecule has 0 amide bonds. The first kappa shape index (κ1) is 15.1. The van der Waals surface area contributed by atoms with Crippen LogP contribution in [0, 0.1) is 5.92 Å². The number of hydrogen-bond donors (Lipinski definition) is 2. The molecule has 0 aromatic heterocycles. The lowest BCUT2D eigenvalue weighted by atomic mass is 9.98. The van der Waals surface area contributed by atoms with Crippen LogP contribution in [0.15, 0.2) is 29.2 Å². The molecule has 4 nitrogen and oxygen atoms in total. The van der Waals surface area contributed by atoms with Crippen LogP contribution in [-0.2, 0) is 9.84 Å². The van der Waals surface area contributed by atoms with Crippen LogP contribution in [0.3, 0.4) is 0 Å². The first-order valence-electron chi connectivity index (χ1n) is 6.10. The summed E-state index contributed by atoms with van der Waals surface area (Å²) in [6.45, 7) is 4.33. The van der Waals surface area contributed by atoms with Crippen molar-refractivity contribution in [3.05, 3.63) is 29.8 Å². The molecule has 102 valence electrons. The number of hydrazine groups is 1. The van der Waals surface area contributed by atoms with E-state index in [4.69, 9.17) is 5.84 Å². The highest BCUT2D eigenvalue weighted by molar-refractivity contribution is 7.90. The lowest BCUT2D eigenvalue weighted by Crippen LogP contribution is -2.28. The summed E-state index contributed by atoms with van der Waals surface area (Å²) in [5, 5.41) is 0. The number of benzene rings is 1. The smallest absolute Gasteiger partial charge is 0.175 e. The van der Waals surface area contributed by atoms with Gasteiger partial charge in [0.2, 0.25) is 0 Å². The van der Waals surface area contributed by atoms with Gasteiger partial charge in [-0.3, -0.25) is 11.3 Å². The van der Waals surface area contributed by atoms with Crippen molar-refractivity contribution in [1.82, 2.24) is 5.43 Å². The zero-order valence-electron chi connectivity index (χ0n) is 11.2. The second-order valence-corrected chi connectivity index (χ2v) is 7.05. The van der Waals surface area contributed by atoms with Crippen molar-refractivity contribution in [2.24, 2.45) is 11.8 Å². The first-order chi connectivity index (χ1) is 8.34. The van der Waals surface area contributed by atoms with Crippen molar-refractivity contribution in [2.45, 2.75) is 37.6 Å². The Morgan fingerprint density at radius 3 is 2.11 bits per heavy atom. The van der Waals surface area contributed by atoms with E-state index < -0.39 is 9.84 Å². The van der Waals surface area contributed by atoms with Crippen molar-refractivity contribution in [3.63, 3.8) is 0 Å². The number of rotatable bonds is 6. The molecular formula is C13H22N2O2S. The van der Waals surface area contributed by atoms with Crippen LogP contribution in [-0.4, -0.2) is 14.7 Å². The molecule has 1 atom stereocenters. The molecule has 1 aromatic carbocycles. The van der Waals surface area contributed by atoms with Gasteiger partial charge in [0.15, 0.2) is 9.84 Å². The highest BCUT2D eigenvalue weighted by Gasteiger charge is 2.12. The molecule has 1 unspecified atom stereocenters. The standard InChI is InChI=1S/C13H22N2O2S/c1-10(2)4-9-13(15-14)11-5-7-12(8-6-11)18(3,16)17/h5-8,10,13,15H,4,9,14H2,1-3H3. The van der Waals surface area contributed by atoms with Crippen LogP contribution < -0.4 is 11.3 Å². The fourth-order valence-corrected chi connectivity index (χ4v) is 2.42. The molecule has 0 heterocycles. The van der Waals surface area contributed by atoms with E-state index in [2.05, 4.69) is 19.3 Å². The van der Waals surface area contributed by atoms with Gasteiger partial charge in [0, 0.05) is 12.3 Å². The van der Waals surface area contributed by atoms with Crippen molar-refractivity contribution in [1.29, 1.82) is 0 Å². The van der Waals surface area contributed by atoms with E-state index in [1.165, 1.54) is 6.26 Å². The maximum absolute atomic E-state index is 11.4. The Hall–Kier alpha value is -0.910. The topological polar surface area (TPSA) is 72.2 Å². The van der Waals surface area contributed by atoms with Crippen LogP contribution >= 0.6 is 0 Å². The maximum Gasteiger partial charge on any atom is 0.175 e. The van der Waals surface area contributed by atoms with E-state index in [1.54, 1.807) is 12.1 Å². The Kier molecular flexibility index (Phi) is 5.31. The van der Waals surface area contributed by atoms with Crippen molar-refractivity contribution >= 4 is 9.84 Å². The van der Waals surface area contributed by atoms with Crippen molar-refractivity contribution in [2.75, 3.05) is 6.26 Å². The minimum Gasteiger partial charge on any atom is -0.271 e. The number of sulfone groups is 1. The fourth-order valence-electron chi connectivity index (χ4n) is 1.79. The zero-order chi connectivity index (χ0) is 13.8. The number of nitrogens with one attached hydrogen (secondary N) is 1. The van der Waals surface area contributed by atoms with E-state index in [0.29, 0.717) is 10.8 Å². The fraction of sp³-hybridized carbons (Fsp3) is 0.538. The monoisotopic (exact) mass is 270 g/mol. The quantitative estimate of drug-likeness (QED) is 0.613. The molecular weight excluding hydrogens is 248 g/mol. The molecule has 0 saturated carbocycles. The third-order valence-electron chi connectivity index (χ3n) is 2.94. The van der Waals surface area contributed by atoms with Gasteiger partial charge in [-0.05, 0) is 36.5 Å². The molecule has 0 radical (unpaired) electrons. The lowest BCUT2D eigenvalue weighted by Gasteiger charge is -2.17. The summed E-state index contributed by atoms with van der Waals surface area (Å²) in [6.07, 6.45) is 3.22.